The first-order valence-electron chi connectivity index (χ1n) is 8.60. The molecular formula is C21H24N2O5. The van der Waals surface area contributed by atoms with Crippen molar-refractivity contribution in [3.63, 3.8) is 0 Å². The van der Waals surface area contributed by atoms with Crippen LogP contribution in [-0.2, 0) is 9.59 Å². The molecule has 2 aromatic carbocycles. The number of benzene rings is 2. The van der Waals surface area contributed by atoms with Crippen molar-refractivity contribution in [3.05, 3.63) is 53.6 Å². The fourth-order valence-corrected chi connectivity index (χ4v) is 2.55. The van der Waals surface area contributed by atoms with Crippen molar-refractivity contribution in [3.8, 4) is 17.2 Å². The summed E-state index contributed by atoms with van der Waals surface area (Å²) in [4.78, 5) is 24.1. The lowest BCUT2D eigenvalue weighted by atomic mass is 10.1. The highest BCUT2D eigenvalue weighted by Gasteiger charge is 2.10. The number of carbonyl (C=O) groups is 2. The minimum absolute atomic E-state index is 0.171. The third kappa shape index (κ3) is 5.51. The van der Waals surface area contributed by atoms with Crippen LogP contribution in [0.5, 0.6) is 17.2 Å². The maximum atomic E-state index is 12.1. The first-order valence-corrected chi connectivity index (χ1v) is 8.60. The summed E-state index contributed by atoms with van der Waals surface area (Å²) in [5.74, 6) is 0.881. The maximum Gasteiger partial charge on any atom is 0.244 e. The Hall–Kier alpha value is -3.48. The fourth-order valence-electron chi connectivity index (χ4n) is 2.55. The number of nitrogens with one attached hydrogen (secondary N) is 2. The molecule has 0 aliphatic carbocycles. The Balaban J connectivity index is 1.95. The molecule has 0 radical (unpaired) electrons. The Morgan fingerprint density at radius 1 is 1.00 bits per heavy atom. The van der Waals surface area contributed by atoms with Crippen molar-refractivity contribution in [1.82, 2.24) is 5.32 Å². The molecule has 0 spiro atoms. The monoisotopic (exact) mass is 384 g/mol. The van der Waals surface area contributed by atoms with Crippen LogP contribution in [0.25, 0.3) is 6.08 Å². The van der Waals surface area contributed by atoms with Gasteiger partial charge in [-0.25, -0.2) is 0 Å². The summed E-state index contributed by atoms with van der Waals surface area (Å²) in [7, 11) is 4.60. The molecule has 0 unspecified atom stereocenters. The van der Waals surface area contributed by atoms with Crippen molar-refractivity contribution >= 4 is 23.6 Å². The van der Waals surface area contributed by atoms with Gasteiger partial charge < -0.3 is 24.8 Å². The highest BCUT2D eigenvalue weighted by Crippen LogP contribution is 2.31. The summed E-state index contributed by atoms with van der Waals surface area (Å²) in [6.07, 6.45) is 2.93. The summed E-state index contributed by atoms with van der Waals surface area (Å²) in [6, 6.07) is 10.8. The number of aryl methyl sites for hydroxylation is 1. The van der Waals surface area contributed by atoms with Gasteiger partial charge in [0.15, 0.2) is 11.5 Å². The predicted molar refractivity (Wildman–Crippen MR) is 108 cm³/mol. The lowest BCUT2D eigenvalue weighted by Gasteiger charge is -2.11. The van der Waals surface area contributed by atoms with Gasteiger partial charge in [0.25, 0.3) is 0 Å². The van der Waals surface area contributed by atoms with Crippen molar-refractivity contribution < 1.29 is 23.8 Å². The molecule has 0 aliphatic heterocycles. The number of anilines is 1. The molecule has 0 fully saturated rings. The Bertz CT molecular complexity index is 877. The van der Waals surface area contributed by atoms with E-state index in [9.17, 15) is 9.59 Å². The summed E-state index contributed by atoms with van der Waals surface area (Å²) < 4.78 is 15.8. The molecule has 0 saturated heterocycles. The molecule has 2 aromatic rings. The van der Waals surface area contributed by atoms with E-state index in [1.165, 1.54) is 20.3 Å². The molecule has 0 atom stereocenters. The molecule has 0 aliphatic rings. The van der Waals surface area contributed by atoms with Crippen molar-refractivity contribution in [1.29, 1.82) is 0 Å². The number of hydrogen-bond acceptors (Lipinski definition) is 5. The van der Waals surface area contributed by atoms with Gasteiger partial charge in [0, 0.05) is 11.6 Å². The van der Waals surface area contributed by atoms with E-state index in [0.717, 1.165) is 5.56 Å². The van der Waals surface area contributed by atoms with E-state index >= 15 is 0 Å². The van der Waals surface area contributed by atoms with Crippen molar-refractivity contribution in [2.75, 3.05) is 33.2 Å². The second-order valence-corrected chi connectivity index (χ2v) is 5.89. The Morgan fingerprint density at radius 3 is 2.43 bits per heavy atom. The van der Waals surface area contributed by atoms with Gasteiger partial charge in [-0.1, -0.05) is 18.2 Å². The molecule has 2 rings (SSSR count). The molecule has 148 valence electrons. The normalized spacial score (nSPS) is 10.4. The SMILES string of the molecule is COc1ccc(C)cc1NC(=O)CNC(=O)/C=C/c1cccc(OC)c1OC. The number of ether oxygens (including phenoxy) is 3. The second-order valence-electron chi connectivity index (χ2n) is 5.89. The molecule has 7 nitrogen and oxygen atoms in total. The van der Waals surface area contributed by atoms with E-state index in [-0.39, 0.29) is 12.5 Å². The van der Waals surface area contributed by atoms with E-state index in [1.807, 2.05) is 13.0 Å². The van der Waals surface area contributed by atoms with E-state index in [2.05, 4.69) is 10.6 Å². The summed E-state index contributed by atoms with van der Waals surface area (Å²) in [5.41, 5.74) is 2.22. The van der Waals surface area contributed by atoms with Crippen molar-refractivity contribution in [2.24, 2.45) is 0 Å². The zero-order valence-electron chi connectivity index (χ0n) is 16.4. The second kappa shape index (κ2) is 10.0. The zero-order chi connectivity index (χ0) is 20.5. The van der Waals surface area contributed by atoms with E-state index in [1.54, 1.807) is 43.5 Å². The van der Waals surface area contributed by atoms with Crippen LogP contribution in [0.3, 0.4) is 0 Å². The molecule has 2 N–H and O–H groups in total. The van der Waals surface area contributed by atoms with Crippen molar-refractivity contribution in [2.45, 2.75) is 6.92 Å². The Labute approximate surface area is 164 Å². The number of methoxy groups -OCH3 is 3. The quantitative estimate of drug-likeness (QED) is 0.684. The third-order valence-corrected chi connectivity index (χ3v) is 3.90. The zero-order valence-corrected chi connectivity index (χ0v) is 16.4. The average Bonchev–Trinajstić information content (AvgIpc) is 2.70. The van der Waals surface area contributed by atoms with E-state index in [4.69, 9.17) is 14.2 Å². The molecule has 28 heavy (non-hydrogen) atoms. The van der Waals surface area contributed by atoms with Crippen LogP contribution in [0, 0.1) is 6.92 Å². The minimum atomic E-state index is -0.406. The van der Waals surface area contributed by atoms with Crippen LogP contribution in [0.15, 0.2) is 42.5 Å². The molecular weight excluding hydrogens is 360 g/mol. The molecule has 2 amide bonds. The topological polar surface area (TPSA) is 85.9 Å². The standard InChI is InChI=1S/C21H24N2O5/c1-14-8-10-17(26-2)16(12-14)23-20(25)13-22-19(24)11-9-15-6-5-7-18(27-3)21(15)28-4/h5-12H,13H2,1-4H3,(H,22,24)(H,23,25)/b11-9+. The number of amides is 2. The van der Waals surface area contributed by atoms with Gasteiger partial charge in [0.2, 0.25) is 11.8 Å². The van der Waals surface area contributed by atoms with Gasteiger partial charge in [0.1, 0.15) is 5.75 Å². The van der Waals surface area contributed by atoms with Gasteiger partial charge in [-0.3, -0.25) is 9.59 Å². The van der Waals surface area contributed by atoms with Crippen LogP contribution in [0.1, 0.15) is 11.1 Å². The first-order chi connectivity index (χ1) is 13.5. The highest BCUT2D eigenvalue weighted by molar-refractivity contribution is 5.98. The molecule has 0 bridgehead atoms. The average molecular weight is 384 g/mol. The van der Waals surface area contributed by atoms with Crippen LogP contribution < -0.4 is 24.8 Å². The van der Waals surface area contributed by atoms with Crippen LogP contribution in [-0.4, -0.2) is 39.7 Å². The summed E-state index contributed by atoms with van der Waals surface area (Å²) in [6.45, 7) is 1.74. The van der Waals surface area contributed by atoms with Gasteiger partial charge in [-0.2, -0.15) is 0 Å². The first kappa shape index (κ1) is 20.8. The van der Waals surface area contributed by atoms with Crippen LogP contribution in [0.2, 0.25) is 0 Å². The number of para-hydroxylation sites is 1. The molecule has 0 heterocycles. The molecule has 7 heteroatoms. The van der Waals surface area contributed by atoms with Crippen LogP contribution >= 0.6 is 0 Å². The van der Waals surface area contributed by atoms with Gasteiger partial charge >= 0.3 is 0 Å². The lowest BCUT2D eigenvalue weighted by Crippen LogP contribution is -2.31. The smallest absolute Gasteiger partial charge is 0.244 e. The van der Waals surface area contributed by atoms with Gasteiger partial charge in [-0.05, 0) is 36.8 Å². The fraction of sp³-hybridized carbons (Fsp3) is 0.238. The minimum Gasteiger partial charge on any atom is -0.495 e. The highest BCUT2D eigenvalue weighted by atomic mass is 16.5. The van der Waals surface area contributed by atoms with E-state index in [0.29, 0.717) is 28.5 Å². The van der Waals surface area contributed by atoms with E-state index < -0.39 is 5.91 Å². The Kier molecular flexibility index (Phi) is 7.45. The third-order valence-electron chi connectivity index (χ3n) is 3.90. The molecule has 0 aromatic heterocycles. The molecule has 0 saturated carbocycles. The largest absolute Gasteiger partial charge is 0.495 e. The van der Waals surface area contributed by atoms with Crippen LogP contribution in [0.4, 0.5) is 5.69 Å². The lowest BCUT2D eigenvalue weighted by molar-refractivity contribution is -0.121. The number of hydrogen-bond donors (Lipinski definition) is 2. The Morgan fingerprint density at radius 2 is 1.75 bits per heavy atom. The number of rotatable bonds is 8. The summed E-state index contributed by atoms with van der Waals surface area (Å²) in [5, 5.41) is 5.27. The number of carbonyl (C=O) groups excluding carboxylic acids is 2. The van der Waals surface area contributed by atoms with Gasteiger partial charge in [-0.15, -0.1) is 0 Å². The van der Waals surface area contributed by atoms with Gasteiger partial charge in [0.05, 0.1) is 33.6 Å². The predicted octanol–water partition coefficient (Wildman–Crippen LogP) is 2.79. The summed E-state index contributed by atoms with van der Waals surface area (Å²) >= 11 is 0. The maximum absolute atomic E-state index is 12.1.